The van der Waals surface area contributed by atoms with Crippen molar-refractivity contribution in [3.8, 4) is 0 Å². The minimum Gasteiger partial charge on any atom is -0.330 e. The molecular formula is C13H26N2. The van der Waals surface area contributed by atoms with E-state index in [-0.39, 0.29) is 0 Å². The molecule has 2 N–H and O–H groups in total. The van der Waals surface area contributed by atoms with Crippen molar-refractivity contribution >= 4 is 0 Å². The first kappa shape index (κ1) is 11.4. The van der Waals surface area contributed by atoms with Crippen LogP contribution < -0.4 is 5.73 Å². The Morgan fingerprint density at radius 3 is 2.27 bits per heavy atom. The van der Waals surface area contributed by atoms with E-state index in [1.54, 1.807) is 0 Å². The van der Waals surface area contributed by atoms with Crippen LogP contribution in [0.1, 0.15) is 46.0 Å². The molecule has 1 aliphatic carbocycles. The second-order valence-electron chi connectivity index (χ2n) is 6.54. The fraction of sp³-hybridized carbons (Fsp3) is 1.00. The van der Waals surface area contributed by atoms with Crippen LogP contribution in [0, 0.1) is 10.8 Å². The highest BCUT2D eigenvalue weighted by atomic mass is 15.2. The summed E-state index contributed by atoms with van der Waals surface area (Å²) in [6.07, 6.45) is 6.87. The molecule has 2 rings (SSSR count). The zero-order chi connectivity index (χ0) is 10.9. The van der Waals surface area contributed by atoms with Gasteiger partial charge < -0.3 is 10.6 Å². The molecule has 2 heteroatoms. The predicted molar refractivity (Wildman–Crippen MR) is 64.8 cm³/mol. The maximum atomic E-state index is 5.99. The fourth-order valence-corrected chi connectivity index (χ4v) is 3.39. The first-order valence-electron chi connectivity index (χ1n) is 6.48. The molecule has 0 bridgehead atoms. The SMILES string of the molecule is CC1(C)CCN(CC2(CN)CCCC2)C1. The molecule has 15 heavy (non-hydrogen) atoms. The Morgan fingerprint density at radius 1 is 1.13 bits per heavy atom. The molecule has 1 saturated carbocycles. The van der Waals surface area contributed by atoms with Crippen molar-refractivity contribution in [1.82, 2.24) is 4.90 Å². The molecule has 0 aromatic carbocycles. The van der Waals surface area contributed by atoms with Crippen LogP contribution in [-0.4, -0.2) is 31.1 Å². The number of rotatable bonds is 3. The molecular weight excluding hydrogens is 184 g/mol. The van der Waals surface area contributed by atoms with Crippen molar-refractivity contribution in [3.05, 3.63) is 0 Å². The van der Waals surface area contributed by atoms with E-state index in [4.69, 9.17) is 5.73 Å². The van der Waals surface area contributed by atoms with E-state index in [2.05, 4.69) is 18.7 Å². The van der Waals surface area contributed by atoms with Crippen LogP contribution >= 0.6 is 0 Å². The molecule has 1 saturated heterocycles. The van der Waals surface area contributed by atoms with Crippen molar-refractivity contribution in [2.45, 2.75) is 46.0 Å². The van der Waals surface area contributed by atoms with Gasteiger partial charge in [0.05, 0.1) is 0 Å². The minimum absolute atomic E-state index is 0.473. The monoisotopic (exact) mass is 210 g/mol. The molecule has 0 unspecified atom stereocenters. The first-order chi connectivity index (χ1) is 7.05. The Hall–Kier alpha value is -0.0800. The Balaban J connectivity index is 1.91. The number of nitrogens with zero attached hydrogens (tertiary/aromatic N) is 1. The molecule has 0 amide bonds. The van der Waals surface area contributed by atoms with Crippen molar-refractivity contribution < 1.29 is 0 Å². The highest BCUT2D eigenvalue weighted by molar-refractivity contribution is 4.92. The smallest absolute Gasteiger partial charge is 0.00503 e. The standard InChI is InChI=1S/C13H26N2/c1-12(2)7-8-15(10-12)11-13(9-14)5-3-4-6-13/h3-11,14H2,1-2H3. The number of nitrogens with two attached hydrogens (primary N) is 1. The third kappa shape index (κ3) is 2.54. The molecule has 0 atom stereocenters. The summed E-state index contributed by atoms with van der Waals surface area (Å²) in [5.41, 5.74) is 7.00. The maximum Gasteiger partial charge on any atom is 0.00503 e. The van der Waals surface area contributed by atoms with Crippen LogP contribution in [0.15, 0.2) is 0 Å². The third-order valence-electron chi connectivity index (χ3n) is 4.41. The average Bonchev–Trinajstić information content (AvgIpc) is 2.75. The zero-order valence-electron chi connectivity index (χ0n) is 10.4. The van der Waals surface area contributed by atoms with Gasteiger partial charge in [-0.2, -0.15) is 0 Å². The molecule has 2 aliphatic rings. The lowest BCUT2D eigenvalue weighted by molar-refractivity contribution is 0.172. The summed E-state index contributed by atoms with van der Waals surface area (Å²) >= 11 is 0. The molecule has 0 aromatic heterocycles. The highest BCUT2D eigenvalue weighted by Crippen LogP contribution is 2.40. The van der Waals surface area contributed by atoms with Gasteiger partial charge in [0, 0.05) is 13.1 Å². The quantitative estimate of drug-likeness (QED) is 0.774. The lowest BCUT2D eigenvalue weighted by atomic mass is 9.85. The van der Waals surface area contributed by atoms with E-state index in [0.29, 0.717) is 10.8 Å². The molecule has 88 valence electrons. The topological polar surface area (TPSA) is 29.3 Å². The summed E-state index contributed by atoms with van der Waals surface area (Å²) in [6, 6.07) is 0. The van der Waals surface area contributed by atoms with Gasteiger partial charge in [-0.05, 0) is 43.2 Å². The molecule has 0 spiro atoms. The van der Waals surface area contributed by atoms with E-state index in [1.165, 1.54) is 51.7 Å². The van der Waals surface area contributed by atoms with Gasteiger partial charge in [0.15, 0.2) is 0 Å². The van der Waals surface area contributed by atoms with E-state index < -0.39 is 0 Å². The molecule has 2 fully saturated rings. The summed E-state index contributed by atoms with van der Waals surface area (Å²) in [6.45, 7) is 9.48. The molecule has 2 nitrogen and oxygen atoms in total. The van der Waals surface area contributed by atoms with Crippen molar-refractivity contribution in [2.75, 3.05) is 26.2 Å². The van der Waals surface area contributed by atoms with Crippen LogP contribution in [0.3, 0.4) is 0 Å². The molecule has 0 radical (unpaired) electrons. The first-order valence-corrected chi connectivity index (χ1v) is 6.48. The van der Waals surface area contributed by atoms with Crippen molar-refractivity contribution in [2.24, 2.45) is 16.6 Å². The van der Waals surface area contributed by atoms with E-state index >= 15 is 0 Å². The van der Waals surface area contributed by atoms with E-state index in [1.807, 2.05) is 0 Å². The average molecular weight is 210 g/mol. The summed E-state index contributed by atoms with van der Waals surface area (Å²) in [4.78, 5) is 2.65. The molecule has 0 aromatic rings. The van der Waals surface area contributed by atoms with Crippen molar-refractivity contribution in [1.29, 1.82) is 0 Å². The third-order valence-corrected chi connectivity index (χ3v) is 4.41. The van der Waals surface area contributed by atoms with Crippen LogP contribution in [-0.2, 0) is 0 Å². The zero-order valence-corrected chi connectivity index (χ0v) is 10.4. The van der Waals surface area contributed by atoms with Gasteiger partial charge in [-0.1, -0.05) is 26.7 Å². The summed E-state index contributed by atoms with van der Waals surface area (Å²) < 4.78 is 0. The van der Waals surface area contributed by atoms with Gasteiger partial charge in [-0.3, -0.25) is 0 Å². The number of likely N-dealkylation sites (tertiary alicyclic amines) is 1. The van der Waals surface area contributed by atoms with Gasteiger partial charge in [-0.25, -0.2) is 0 Å². The second-order valence-corrected chi connectivity index (χ2v) is 6.54. The summed E-state index contributed by atoms with van der Waals surface area (Å²) in [5, 5.41) is 0. The van der Waals surface area contributed by atoms with Gasteiger partial charge >= 0.3 is 0 Å². The van der Waals surface area contributed by atoms with Gasteiger partial charge in [0.2, 0.25) is 0 Å². The van der Waals surface area contributed by atoms with Crippen molar-refractivity contribution in [3.63, 3.8) is 0 Å². The lowest BCUT2D eigenvalue weighted by Gasteiger charge is -2.33. The van der Waals surface area contributed by atoms with Crippen LogP contribution in [0.5, 0.6) is 0 Å². The summed E-state index contributed by atoms with van der Waals surface area (Å²) in [5.74, 6) is 0. The molecule has 1 aliphatic heterocycles. The Labute approximate surface area is 94.2 Å². The van der Waals surface area contributed by atoms with E-state index in [9.17, 15) is 0 Å². The highest BCUT2D eigenvalue weighted by Gasteiger charge is 2.37. The van der Waals surface area contributed by atoms with Crippen LogP contribution in [0.2, 0.25) is 0 Å². The maximum absolute atomic E-state index is 5.99. The van der Waals surface area contributed by atoms with Gasteiger partial charge in [0.25, 0.3) is 0 Å². The Kier molecular flexibility index (Phi) is 3.09. The normalized spacial score (nSPS) is 29.8. The Morgan fingerprint density at radius 2 is 1.80 bits per heavy atom. The lowest BCUT2D eigenvalue weighted by Crippen LogP contribution is -2.40. The number of hydrogen-bond donors (Lipinski definition) is 1. The van der Waals surface area contributed by atoms with Crippen LogP contribution in [0.4, 0.5) is 0 Å². The largest absolute Gasteiger partial charge is 0.330 e. The van der Waals surface area contributed by atoms with E-state index in [0.717, 1.165) is 6.54 Å². The summed E-state index contributed by atoms with van der Waals surface area (Å²) in [7, 11) is 0. The van der Waals surface area contributed by atoms with Gasteiger partial charge in [0.1, 0.15) is 0 Å². The fourth-order valence-electron chi connectivity index (χ4n) is 3.39. The Bertz CT molecular complexity index is 217. The predicted octanol–water partition coefficient (Wildman–Crippen LogP) is 2.24. The minimum atomic E-state index is 0.473. The van der Waals surface area contributed by atoms with Crippen LogP contribution in [0.25, 0.3) is 0 Å². The second kappa shape index (κ2) is 4.06. The number of hydrogen-bond acceptors (Lipinski definition) is 2. The van der Waals surface area contributed by atoms with Gasteiger partial charge in [-0.15, -0.1) is 0 Å². The molecule has 1 heterocycles.